The molecule has 0 fully saturated rings. The van der Waals surface area contributed by atoms with Crippen molar-refractivity contribution < 1.29 is 43.7 Å². The van der Waals surface area contributed by atoms with E-state index in [0.717, 1.165) is 0 Å². The third kappa shape index (κ3) is 5.55. The Kier molecular flexibility index (Phi) is 9.83. The molecule has 37 heavy (non-hydrogen) atoms. The first-order valence-electron chi connectivity index (χ1n) is 11.3. The van der Waals surface area contributed by atoms with Gasteiger partial charge in [-0.25, -0.2) is 0 Å². The van der Waals surface area contributed by atoms with Gasteiger partial charge in [0.05, 0.1) is 67.8 Å². The van der Waals surface area contributed by atoms with Crippen molar-refractivity contribution in [1.29, 1.82) is 0 Å². The van der Waals surface area contributed by atoms with Crippen LogP contribution in [0.1, 0.15) is 16.7 Å². The summed E-state index contributed by atoms with van der Waals surface area (Å²) in [6, 6.07) is 10.4. The molecule has 9 nitrogen and oxygen atoms in total. The fourth-order valence-electron chi connectivity index (χ4n) is 4.17. The van der Waals surface area contributed by atoms with Crippen molar-refractivity contribution in [3.63, 3.8) is 0 Å². The van der Waals surface area contributed by atoms with Crippen LogP contribution in [-0.4, -0.2) is 58.0 Å². The van der Waals surface area contributed by atoms with Crippen molar-refractivity contribution >= 4 is 23.8 Å². The van der Waals surface area contributed by atoms with Gasteiger partial charge in [-0.2, -0.15) is 0 Å². The Morgan fingerprint density at radius 3 is 1.16 bits per heavy atom. The zero-order valence-corrected chi connectivity index (χ0v) is 22.7. The van der Waals surface area contributed by atoms with Crippen LogP contribution >= 0.6 is 7.92 Å². The summed E-state index contributed by atoms with van der Waals surface area (Å²) in [5.41, 5.74) is 1.71. The summed E-state index contributed by atoms with van der Waals surface area (Å²) in [6.07, 6.45) is 0. The average Bonchev–Trinajstić information content (AvgIpc) is 2.96. The van der Waals surface area contributed by atoms with Gasteiger partial charge in [-0.05, 0) is 41.0 Å². The molecule has 0 unspecified atom stereocenters. The molecular weight excluding hydrogens is 499 g/mol. The molecule has 3 rings (SSSR count). The number of benzene rings is 3. The van der Waals surface area contributed by atoms with Crippen molar-refractivity contribution in [2.75, 3.05) is 42.7 Å². The van der Waals surface area contributed by atoms with E-state index < -0.39 is 7.92 Å². The van der Waals surface area contributed by atoms with Crippen LogP contribution in [0.3, 0.4) is 0 Å². The predicted octanol–water partition coefficient (Wildman–Crippen LogP) is 1.97. The van der Waals surface area contributed by atoms with E-state index in [9.17, 15) is 15.3 Å². The molecular formula is C27H33O9P. The van der Waals surface area contributed by atoms with Gasteiger partial charge in [0.1, 0.15) is 34.5 Å². The maximum Gasteiger partial charge on any atom is 0.131 e. The molecule has 0 aliphatic rings. The van der Waals surface area contributed by atoms with E-state index in [0.29, 0.717) is 67.1 Å². The molecule has 0 atom stereocenters. The van der Waals surface area contributed by atoms with Crippen LogP contribution in [-0.2, 0) is 19.8 Å². The van der Waals surface area contributed by atoms with Gasteiger partial charge in [0.15, 0.2) is 0 Å². The first-order valence-corrected chi connectivity index (χ1v) is 12.7. The van der Waals surface area contributed by atoms with Gasteiger partial charge in [0.2, 0.25) is 0 Å². The Hall–Kier alpha value is -3.23. The van der Waals surface area contributed by atoms with Crippen LogP contribution in [0.25, 0.3) is 0 Å². The Morgan fingerprint density at radius 2 is 0.865 bits per heavy atom. The number of aliphatic hydroxyl groups is 3. The standard InChI is InChI=1S/C27H33O9P/c1-31-19-9-17(14-29)25(23(11-19)35-5)37(26-18(15-30)10-20(32-2)12-24(26)36-6)27-21(33-3)7-16(13-28)8-22(27)34-4/h7-12,28-30H,13-15H2,1-6H3. The fourth-order valence-corrected chi connectivity index (χ4v) is 7.19. The molecule has 3 aromatic rings. The molecule has 0 heterocycles. The molecule has 0 saturated carbocycles. The number of methoxy groups -OCH3 is 6. The van der Waals surface area contributed by atoms with Crippen LogP contribution in [0, 0.1) is 0 Å². The van der Waals surface area contributed by atoms with Gasteiger partial charge in [0, 0.05) is 30.7 Å². The van der Waals surface area contributed by atoms with Crippen molar-refractivity contribution in [1.82, 2.24) is 0 Å². The van der Waals surface area contributed by atoms with Gasteiger partial charge in [0.25, 0.3) is 0 Å². The van der Waals surface area contributed by atoms with E-state index in [1.54, 1.807) is 36.4 Å². The summed E-state index contributed by atoms with van der Waals surface area (Å²) >= 11 is 0. The SMILES string of the molecule is COc1cc(CO)c(P(c2c(CO)cc(OC)cc2OC)c2c(OC)cc(CO)cc2OC)c(OC)c1. The Bertz CT molecular complexity index is 1000. The van der Waals surface area contributed by atoms with Crippen LogP contribution < -0.4 is 44.3 Å². The second kappa shape index (κ2) is 12.8. The number of hydrogen-bond donors (Lipinski definition) is 3. The van der Waals surface area contributed by atoms with Crippen molar-refractivity contribution in [2.24, 2.45) is 0 Å². The van der Waals surface area contributed by atoms with E-state index in [2.05, 4.69) is 0 Å². The zero-order valence-electron chi connectivity index (χ0n) is 21.8. The van der Waals surface area contributed by atoms with E-state index in [-0.39, 0.29) is 19.8 Å². The van der Waals surface area contributed by atoms with Crippen LogP contribution in [0.15, 0.2) is 36.4 Å². The maximum absolute atomic E-state index is 10.5. The molecule has 0 saturated heterocycles. The van der Waals surface area contributed by atoms with Crippen LogP contribution in [0.4, 0.5) is 0 Å². The minimum atomic E-state index is -1.67. The van der Waals surface area contributed by atoms with Crippen LogP contribution in [0.2, 0.25) is 0 Å². The van der Waals surface area contributed by atoms with Crippen molar-refractivity contribution in [3.05, 3.63) is 53.1 Å². The van der Waals surface area contributed by atoms with E-state index in [1.165, 1.54) is 42.7 Å². The quantitative estimate of drug-likeness (QED) is 0.301. The molecule has 0 radical (unpaired) electrons. The highest BCUT2D eigenvalue weighted by molar-refractivity contribution is 7.80. The lowest BCUT2D eigenvalue weighted by Gasteiger charge is -2.30. The van der Waals surface area contributed by atoms with E-state index in [1.807, 2.05) is 0 Å². The summed E-state index contributed by atoms with van der Waals surface area (Å²) in [6.45, 7) is -0.839. The average molecular weight is 533 g/mol. The van der Waals surface area contributed by atoms with E-state index in [4.69, 9.17) is 28.4 Å². The Morgan fingerprint density at radius 1 is 0.486 bits per heavy atom. The lowest BCUT2D eigenvalue weighted by Crippen LogP contribution is -2.30. The lowest BCUT2D eigenvalue weighted by molar-refractivity contribution is 0.280. The summed E-state index contributed by atoms with van der Waals surface area (Å²) in [4.78, 5) is 0. The van der Waals surface area contributed by atoms with Gasteiger partial charge >= 0.3 is 0 Å². The summed E-state index contributed by atoms with van der Waals surface area (Å²) in [7, 11) is 7.54. The van der Waals surface area contributed by atoms with Gasteiger partial charge in [-0.15, -0.1) is 0 Å². The third-order valence-corrected chi connectivity index (χ3v) is 8.70. The first kappa shape index (κ1) is 28.3. The molecule has 10 heteroatoms. The van der Waals surface area contributed by atoms with Gasteiger partial charge < -0.3 is 43.7 Å². The monoisotopic (exact) mass is 532 g/mol. The third-order valence-electron chi connectivity index (χ3n) is 5.90. The fraction of sp³-hybridized carbons (Fsp3) is 0.333. The number of rotatable bonds is 12. The summed E-state index contributed by atoms with van der Waals surface area (Å²) in [5, 5.41) is 32.8. The molecule has 0 spiro atoms. The normalized spacial score (nSPS) is 10.9. The van der Waals surface area contributed by atoms with Crippen molar-refractivity contribution in [2.45, 2.75) is 19.8 Å². The molecule has 0 bridgehead atoms. The topological polar surface area (TPSA) is 116 Å². The molecule has 0 amide bonds. The minimum Gasteiger partial charge on any atom is -0.497 e. The molecule has 0 aromatic heterocycles. The molecule has 3 N–H and O–H groups in total. The van der Waals surface area contributed by atoms with Crippen molar-refractivity contribution in [3.8, 4) is 34.5 Å². The molecule has 0 aliphatic carbocycles. The van der Waals surface area contributed by atoms with Gasteiger partial charge in [-0.1, -0.05) is 0 Å². The predicted molar refractivity (Wildman–Crippen MR) is 142 cm³/mol. The highest BCUT2D eigenvalue weighted by atomic mass is 31.1. The smallest absolute Gasteiger partial charge is 0.131 e. The lowest BCUT2D eigenvalue weighted by atomic mass is 10.2. The Balaban J connectivity index is 2.59. The minimum absolute atomic E-state index is 0.216. The van der Waals surface area contributed by atoms with E-state index >= 15 is 0 Å². The highest BCUT2D eigenvalue weighted by Gasteiger charge is 2.34. The number of ether oxygens (including phenoxy) is 6. The zero-order chi connectivity index (χ0) is 27.1. The number of hydrogen-bond acceptors (Lipinski definition) is 9. The molecule has 3 aromatic carbocycles. The molecule has 200 valence electrons. The summed E-state index contributed by atoms with van der Waals surface area (Å²) < 4.78 is 34.1. The second-order valence-electron chi connectivity index (χ2n) is 7.83. The largest absolute Gasteiger partial charge is 0.497 e. The number of aliphatic hydroxyl groups excluding tert-OH is 3. The highest BCUT2D eigenvalue weighted by Crippen LogP contribution is 2.48. The van der Waals surface area contributed by atoms with Gasteiger partial charge in [-0.3, -0.25) is 0 Å². The molecule has 0 aliphatic heterocycles. The van der Waals surface area contributed by atoms with Crippen LogP contribution in [0.5, 0.6) is 34.5 Å². The summed E-state index contributed by atoms with van der Waals surface area (Å²) in [5.74, 6) is 2.87. The second-order valence-corrected chi connectivity index (χ2v) is 9.85. The first-order chi connectivity index (χ1) is 17.9. The Labute approximate surface area is 217 Å². The maximum atomic E-state index is 10.5.